The van der Waals surface area contributed by atoms with E-state index < -0.39 is 8.07 Å². The Bertz CT molecular complexity index is 131. The van der Waals surface area contributed by atoms with E-state index in [2.05, 4.69) is 40.4 Å². The standard InChI is InChI=1S/C9H20Si/c1-7-8(9(7,2)3)10(4,5)6/h7-8H,1-6H3/t7-,8-/m0/s1. The van der Waals surface area contributed by atoms with Gasteiger partial charge >= 0.3 is 0 Å². The van der Waals surface area contributed by atoms with Crippen molar-refractivity contribution < 1.29 is 0 Å². The summed E-state index contributed by atoms with van der Waals surface area (Å²) < 4.78 is 0. The molecule has 0 nitrogen and oxygen atoms in total. The Morgan fingerprint density at radius 1 is 1.10 bits per heavy atom. The lowest BCUT2D eigenvalue weighted by Crippen LogP contribution is -2.22. The summed E-state index contributed by atoms with van der Waals surface area (Å²) in [5.74, 6) is 0.985. The summed E-state index contributed by atoms with van der Waals surface area (Å²) >= 11 is 0. The molecule has 0 amide bonds. The van der Waals surface area contributed by atoms with Crippen molar-refractivity contribution in [3.8, 4) is 0 Å². The predicted octanol–water partition coefficient (Wildman–Crippen LogP) is 3.37. The third kappa shape index (κ3) is 1.05. The number of hydrogen-bond donors (Lipinski definition) is 0. The zero-order chi connectivity index (χ0) is 8.15. The molecule has 0 spiro atoms. The molecular weight excluding hydrogens is 136 g/mol. The van der Waals surface area contributed by atoms with Crippen LogP contribution in [0.2, 0.25) is 25.2 Å². The van der Waals surface area contributed by atoms with E-state index in [4.69, 9.17) is 0 Å². The van der Waals surface area contributed by atoms with Crippen LogP contribution >= 0.6 is 0 Å². The van der Waals surface area contributed by atoms with Crippen molar-refractivity contribution in [2.24, 2.45) is 11.3 Å². The summed E-state index contributed by atoms with van der Waals surface area (Å²) in [4.78, 5) is 0. The minimum atomic E-state index is -0.822. The van der Waals surface area contributed by atoms with Gasteiger partial charge in [-0.05, 0) is 16.9 Å². The summed E-state index contributed by atoms with van der Waals surface area (Å²) in [6.07, 6.45) is 0. The minimum Gasteiger partial charge on any atom is -0.0693 e. The molecule has 60 valence electrons. The van der Waals surface area contributed by atoms with Crippen molar-refractivity contribution in [1.82, 2.24) is 0 Å². The van der Waals surface area contributed by atoms with Crippen LogP contribution in [0.25, 0.3) is 0 Å². The van der Waals surface area contributed by atoms with Crippen LogP contribution < -0.4 is 0 Å². The van der Waals surface area contributed by atoms with Gasteiger partial charge in [-0.2, -0.15) is 0 Å². The monoisotopic (exact) mass is 156 g/mol. The molecule has 1 aliphatic rings. The van der Waals surface area contributed by atoms with Gasteiger partial charge in [-0.1, -0.05) is 40.4 Å². The molecule has 0 heterocycles. The van der Waals surface area contributed by atoms with Gasteiger partial charge in [0, 0.05) is 8.07 Å². The van der Waals surface area contributed by atoms with E-state index in [0.29, 0.717) is 5.41 Å². The van der Waals surface area contributed by atoms with Crippen LogP contribution in [0.4, 0.5) is 0 Å². The van der Waals surface area contributed by atoms with Crippen LogP contribution in [0.15, 0.2) is 0 Å². The van der Waals surface area contributed by atoms with E-state index >= 15 is 0 Å². The Labute approximate surface area is 66.0 Å². The molecule has 1 fully saturated rings. The Morgan fingerprint density at radius 3 is 1.40 bits per heavy atom. The summed E-state index contributed by atoms with van der Waals surface area (Å²) in [7, 11) is -0.822. The molecule has 0 aromatic heterocycles. The van der Waals surface area contributed by atoms with Crippen molar-refractivity contribution >= 4 is 8.07 Å². The van der Waals surface area contributed by atoms with Crippen LogP contribution in [0.1, 0.15) is 20.8 Å². The van der Waals surface area contributed by atoms with Gasteiger partial charge in [0.15, 0.2) is 0 Å². The van der Waals surface area contributed by atoms with Crippen molar-refractivity contribution in [2.75, 3.05) is 0 Å². The molecule has 0 N–H and O–H groups in total. The quantitative estimate of drug-likeness (QED) is 0.511. The summed E-state index contributed by atoms with van der Waals surface area (Å²) in [5.41, 5.74) is 1.74. The predicted molar refractivity (Wildman–Crippen MR) is 50.0 cm³/mol. The maximum absolute atomic E-state index is 2.49. The molecule has 0 bridgehead atoms. The minimum absolute atomic E-state index is 0.671. The van der Waals surface area contributed by atoms with Gasteiger partial charge in [0.1, 0.15) is 0 Å². The normalized spacial score (nSPS) is 37.8. The largest absolute Gasteiger partial charge is 0.0693 e. The summed E-state index contributed by atoms with van der Waals surface area (Å²) in [6, 6.07) is 0. The molecule has 0 aliphatic heterocycles. The van der Waals surface area contributed by atoms with Gasteiger partial charge in [0.05, 0.1) is 0 Å². The average Bonchev–Trinajstić information content (AvgIpc) is 2.03. The van der Waals surface area contributed by atoms with Crippen LogP contribution in [0, 0.1) is 11.3 Å². The molecule has 1 heteroatoms. The van der Waals surface area contributed by atoms with Gasteiger partial charge < -0.3 is 0 Å². The zero-order valence-corrected chi connectivity index (χ0v) is 9.15. The molecule has 10 heavy (non-hydrogen) atoms. The van der Waals surface area contributed by atoms with Crippen molar-refractivity contribution in [1.29, 1.82) is 0 Å². The summed E-state index contributed by atoms with van der Waals surface area (Å²) in [6.45, 7) is 14.7. The Morgan fingerprint density at radius 2 is 1.40 bits per heavy atom. The van der Waals surface area contributed by atoms with E-state index in [9.17, 15) is 0 Å². The summed E-state index contributed by atoms with van der Waals surface area (Å²) in [5, 5.41) is 0. The Balaban J connectivity index is 2.66. The SMILES string of the molecule is C[C@H]1[C@H]([Si](C)(C)C)C1(C)C. The molecule has 0 aromatic carbocycles. The van der Waals surface area contributed by atoms with E-state index in [1.54, 1.807) is 0 Å². The maximum atomic E-state index is 2.49. The lowest BCUT2D eigenvalue weighted by atomic mass is 10.1. The van der Waals surface area contributed by atoms with E-state index in [-0.39, 0.29) is 0 Å². The topological polar surface area (TPSA) is 0 Å². The second-order valence-electron chi connectivity index (χ2n) is 5.45. The first-order valence-corrected chi connectivity index (χ1v) is 7.85. The molecule has 0 saturated heterocycles. The highest BCUT2D eigenvalue weighted by Gasteiger charge is 2.59. The number of hydrogen-bond acceptors (Lipinski definition) is 0. The van der Waals surface area contributed by atoms with Crippen molar-refractivity contribution in [2.45, 2.75) is 46.0 Å². The second kappa shape index (κ2) is 1.88. The highest BCUT2D eigenvalue weighted by Crippen LogP contribution is 2.67. The number of rotatable bonds is 1. The molecule has 1 rings (SSSR count). The highest BCUT2D eigenvalue weighted by atomic mass is 28.3. The van der Waals surface area contributed by atoms with Crippen LogP contribution in [0.5, 0.6) is 0 Å². The molecule has 0 unspecified atom stereocenters. The van der Waals surface area contributed by atoms with Crippen LogP contribution in [-0.2, 0) is 0 Å². The molecule has 0 radical (unpaired) electrons. The van der Waals surface area contributed by atoms with Crippen LogP contribution in [-0.4, -0.2) is 8.07 Å². The van der Waals surface area contributed by atoms with E-state index in [1.165, 1.54) is 0 Å². The Hall–Kier alpha value is 0.217. The first kappa shape index (κ1) is 8.31. The lowest BCUT2D eigenvalue weighted by Gasteiger charge is -2.17. The molecular formula is C9H20Si. The van der Waals surface area contributed by atoms with E-state index in [0.717, 1.165) is 11.5 Å². The maximum Gasteiger partial charge on any atom is 0.0482 e. The first-order valence-electron chi connectivity index (χ1n) is 4.28. The fourth-order valence-corrected chi connectivity index (χ4v) is 7.09. The molecule has 1 aliphatic carbocycles. The third-order valence-corrected chi connectivity index (χ3v) is 6.41. The van der Waals surface area contributed by atoms with Crippen molar-refractivity contribution in [3.05, 3.63) is 0 Å². The molecule has 1 saturated carbocycles. The fourth-order valence-electron chi connectivity index (χ4n) is 2.76. The van der Waals surface area contributed by atoms with Gasteiger partial charge in [-0.3, -0.25) is 0 Å². The third-order valence-electron chi connectivity index (χ3n) is 3.30. The second-order valence-corrected chi connectivity index (χ2v) is 10.8. The first-order chi connectivity index (χ1) is 4.28. The van der Waals surface area contributed by atoms with Gasteiger partial charge in [0.25, 0.3) is 0 Å². The highest BCUT2D eigenvalue weighted by molar-refractivity contribution is 6.78. The van der Waals surface area contributed by atoms with Crippen molar-refractivity contribution in [3.63, 3.8) is 0 Å². The van der Waals surface area contributed by atoms with Gasteiger partial charge in [-0.15, -0.1) is 0 Å². The van der Waals surface area contributed by atoms with E-state index in [1.807, 2.05) is 0 Å². The van der Waals surface area contributed by atoms with Crippen LogP contribution in [0.3, 0.4) is 0 Å². The average molecular weight is 156 g/mol. The molecule has 0 aromatic rings. The van der Waals surface area contributed by atoms with Gasteiger partial charge in [-0.25, -0.2) is 0 Å². The molecule has 2 atom stereocenters. The lowest BCUT2D eigenvalue weighted by molar-refractivity contribution is 0.584. The Kier molecular flexibility index (Phi) is 1.56. The zero-order valence-electron chi connectivity index (χ0n) is 8.15. The van der Waals surface area contributed by atoms with Gasteiger partial charge in [0.2, 0.25) is 0 Å². The smallest absolute Gasteiger partial charge is 0.0482 e. The fraction of sp³-hybridized carbons (Fsp3) is 1.00.